The number of hydrogen-bond acceptors (Lipinski definition) is 4. The first-order chi connectivity index (χ1) is 9.26. The third-order valence-electron chi connectivity index (χ3n) is 2.68. The van der Waals surface area contributed by atoms with Gasteiger partial charge in [-0.1, -0.05) is 18.2 Å². The summed E-state index contributed by atoms with van der Waals surface area (Å²) in [6.45, 7) is 0.743. The molecule has 0 saturated carbocycles. The van der Waals surface area contributed by atoms with Gasteiger partial charge in [-0.15, -0.1) is 0 Å². The van der Waals surface area contributed by atoms with Gasteiger partial charge in [-0.3, -0.25) is 0 Å². The van der Waals surface area contributed by atoms with E-state index in [1.165, 1.54) is 0 Å². The molecular formula is C15H14N2O2. The molecule has 4 heteroatoms. The first kappa shape index (κ1) is 12.9. The van der Waals surface area contributed by atoms with Gasteiger partial charge < -0.3 is 15.6 Å². The van der Waals surface area contributed by atoms with Crippen LogP contribution >= 0.6 is 0 Å². The van der Waals surface area contributed by atoms with Crippen molar-refractivity contribution in [1.29, 1.82) is 5.26 Å². The number of ether oxygens (including phenoxy) is 1. The highest BCUT2D eigenvalue weighted by molar-refractivity contribution is 5.76. The topological polar surface area (TPSA) is 79.3 Å². The molecule has 0 unspecified atom stereocenters. The Morgan fingerprint density at radius 3 is 2.63 bits per heavy atom. The quantitative estimate of drug-likeness (QED) is 0.877. The summed E-state index contributed by atoms with van der Waals surface area (Å²) in [5, 5.41) is 18.8. The Morgan fingerprint density at radius 2 is 1.95 bits per heavy atom. The Bertz CT molecular complexity index is 618. The highest BCUT2D eigenvalue weighted by Gasteiger charge is 2.11. The van der Waals surface area contributed by atoms with Crippen molar-refractivity contribution < 1.29 is 9.84 Å². The van der Waals surface area contributed by atoms with Crippen LogP contribution < -0.4 is 10.5 Å². The van der Waals surface area contributed by atoms with Gasteiger partial charge in [0.05, 0.1) is 11.6 Å². The summed E-state index contributed by atoms with van der Waals surface area (Å²) < 4.78 is 5.55. The van der Waals surface area contributed by atoms with E-state index in [2.05, 4.69) is 6.07 Å². The predicted molar refractivity (Wildman–Crippen MR) is 72.8 cm³/mol. The lowest BCUT2D eigenvalue weighted by Crippen LogP contribution is -2.11. The van der Waals surface area contributed by atoms with E-state index in [-0.39, 0.29) is 5.75 Å². The number of para-hydroxylation sites is 1. The molecule has 0 spiro atoms. The number of rotatable bonds is 4. The summed E-state index contributed by atoms with van der Waals surface area (Å²) in [6, 6.07) is 14.2. The molecule has 0 amide bonds. The molecule has 0 fully saturated rings. The monoisotopic (exact) mass is 254 g/mol. The molecule has 19 heavy (non-hydrogen) atoms. The molecule has 0 bridgehead atoms. The van der Waals surface area contributed by atoms with Crippen molar-refractivity contribution in [2.45, 2.75) is 0 Å². The third kappa shape index (κ3) is 2.84. The van der Waals surface area contributed by atoms with E-state index in [0.29, 0.717) is 30.0 Å². The Balaban J connectivity index is 2.50. The molecule has 2 aromatic rings. The van der Waals surface area contributed by atoms with E-state index in [0.717, 1.165) is 5.56 Å². The minimum absolute atomic E-state index is 0.171. The van der Waals surface area contributed by atoms with Crippen LogP contribution in [-0.2, 0) is 0 Å². The smallest absolute Gasteiger partial charge is 0.128 e. The molecule has 0 saturated heterocycles. The molecule has 0 aromatic heterocycles. The molecule has 0 aliphatic heterocycles. The Labute approximate surface area is 111 Å². The first-order valence-corrected chi connectivity index (χ1v) is 5.91. The van der Waals surface area contributed by atoms with Crippen molar-refractivity contribution >= 4 is 0 Å². The van der Waals surface area contributed by atoms with Gasteiger partial charge in [0.15, 0.2) is 0 Å². The summed E-state index contributed by atoms with van der Waals surface area (Å²) in [4.78, 5) is 0. The molecular weight excluding hydrogens is 240 g/mol. The van der Waals surface area contributed by atoms with E-state index in [1.807, 2.05) is 6.07 Å². The Hall–Kier alpha value is -2.51. The van der Waals surface area contributed by atoms with Crippen LogP contribution in [0, 0.1) is 11.3 Å². The zero-order valence-electron chi connectivity index (χ0n) is 10.3. The standard InChI is InChI=1S/C15H14N2O2/c16-7-8-19-15-9-11(10-17)5-6-13(15)12-3-1-2-4-14(12)18/h1-6,9,18H,7-8,16H2. The zero-order valence-corrected chi connectivity index (χ0v) is 10.3. The van der Waals surface area contributed by atoms with Gasteiger partial charge in [0.25, 0.3) is 0 Å². The second-order valence-corrected chi connectivity index (χ2v) is 3.98. The van der Waals surface area contributed by atoms with Crippen LogP contribution in [-0.4, -0.2) is 18.3 Å². The van der Waals surface area contributed by atoms with Gasteiger partial charge in [-0.05, 0) is 24.3 Å². The van der Waals surface area contributed by atoms with Crippen LogP contribution in [0.2, 0.25) is 0 Å². The SMILES string of the molecule is N#Cc1ccc(-c2ccccc2O)c(OCCN)c1. The molecule has 0 radical (unpaired) electrons. The number of nitrogens with two attached hydrogens (primary N) is 1. The van der Waals surface area contributed by atoms with Crippen molar-refractivity contribution in [3.8, 4) is 28.7 Å². The average molecular weight is 254 g/mol. The van der Waals surface area contributed by atoms with Crippen molar-refractivity contribution in [2.24, 2.45) is 5.73 Å². The summed E-state index contributed by atoms with van der Waals surface area (Å²) in [5.41, 5.74) is 7.34. The molecule has 0 heterocycles. The van der Waals surface area contributed by atoms with Gasteiger partial charge >= 0.3 is 0 Å². The van der Waals surface area contributed by atoms with E-state index in [1.54, 1.807) is 36.4 Å². The lowest BCUT2D eigenvalue weighted by molar-refractivity contribution is 0.329. The van der Waals surface area contributed by atoms with E-state index in [9.17, 15) is 5.11 Å². The minimum atomic E-state index is 0.171. The van der Waals surface area contributed by atoms with Gasteiger partial charge in [0.1, 0.15) is 18.1 Å². The highest BCUT2D eigenvalue weighted by atomic mass is 16.5. The number of phenols is 1. The maximum Gasteiger partial charge on any atom is 0.128 e. The number of aromatic hydroxyl groups is 1. The van der Waals surface area contributed by atoms with Crippen molar-refractivity contribution in [2.75, 3.05) is 13.2 Å². The number of nitriles is 1. The number of nitrogens with zero attached hydrogens (tertiary/aromatic N) is 1. The first-order valence-electron chi connectivity index (χ1n) is 5.91. The second kappa shape index (κ2) is 5.89. The van der Waals surface area contributed by atoms with Crippen LogP contribution in [0.15, 0.2) is 42.5 Å². The Kier molecular flexibility index (Phi) is 4.01. The number of phenolic OH excluding ortho intramolecular Hbond substituents is 1. The predicted octanol–water partition coefficient (Wildman–Crippen LogP) is 2.27. The molecule has 3 N–H and O–H groups in total. The minimum Gasteiger partial charge on any atom is -0.507 e. The third-order valence-corrected chi connectivity index (χ3v) is 2.68. The summed E-state index contributed by atoms with van der Waals surface area (Å²) >= 11 is 0. The van der Waals surface area contributed by atoms with Crippen LogP contribution in [0.4, 0.5) is 0 Å². The normalized spacial score (nSPS) is 9.89. The molecule has 4 nitrogen and oxygen atoms in total. The number of hydrogen-bond donors (Lipinski definition) is 2. The lowest BCUT2D eigenvalue weighted by atomic mass is 10.0. The zero-order chi connectivity index (χ0) is 13.7. The summed E-state index contributed by atoms with van der Waals surface area (Å²) in [6.07, 6.45) is 0. The number of benzene rings is 2. The van der Waals surface area contributed by atoms with Gasteiger partial charge in [0, 0.05) is 17.7 Å². The van der Waals surface area contributed by atoms with Crippen LogP contribution in [0.5, 0.6) is 11.5 Å². The maximum absolute atomic E-state index is 9.90. The fourth-order valence-electron chi connectivity index (χ4n) is 1.80. The largest absolute Gasteiger partial charge is 0.507 e. The fourth-order valence-corrected chi connectivity index (χ4v) is 1.80. The van der Waals surface area contributed by atoms with Crippen LogP contribution in [0.25, 0.3) is 11.1 Å². The van der Waals surface area contributed by atoms with Crippen molar-refractivity contribution in [3.63, 3.8) is 0 Å². The van der Waals surface area contributed by atoms with E-state index >= 15 is 0 Å². The fraction of sp³-hybridized carbons (Fsp3) is 0.133. The highest BCUT2D eigenvalue weighted by Crippen LogP contribution is 2.36. The molecule has 96 valence electrons. The van der Waals surface area contributed by atoms with E-state index in [4.69, 9.17) is 15.7 Å². The van der Waals surface area contributed by atoms with Gasteiger partial charge in [-0.25, -0.2) is 0 Å². The van der Waals surface area contributed by atoms with Gasteiger partial charge in [0.2, 0.25) is 0 Å². The maximum atomic E-state index is 9.90. The average Bonchev–Trinajstić information content (AvgIpc) is 2.45. The molecule has 0 atom stereocenters. The van der Waals surface area contributed by atoms with E-state index < -0.39 is 0 Å². The lowest BCUT2D eigenvalue weighted by Gasteiger charge is -2.12. The van der Waals surface area contributed by atoms with Gasteiger partial charge in [-0.2, -0.15) is 5.26 Å². The van der Waals surface area contributed by atoms with Crippen molar-refractivity contribution in [3.05, 3.63) is 48.0 Å². The summed E-state index contributed by atoms with van der Waals surface area (Å²) in [7, 11) is 0. The molecule has 2 rings (SSSR count). The Morgan fingerprint density at radius 1 is 1.16 bits per heavy atom. The molecule has 0 aliphatic rings. The molecule has 2 aromatic carbocycles. The van der Waals surface area contributed by atoms with Crippen LogP contribution in [0.3, 0.4) is 0 Å². The molecule has 0 aliphatic carbocycles. The summed E-state index contributed by atoms with van der Waals surface area (Å²) in [5.74, 6) is 0.718. The van der Waals surface area contributed by atoms with Crippen molar-refractivity contribution in [1.82, 2.24) is 0 Å². The van der Waals surface area contributed by atoms with Crippen LogP contribution in [0.1, 0.15) is 5.56 Å². The second-order valence-electron chi connectivity index (χ2n) is 3.98.